The molecule has 1 aromatic carbocycles. The average Bonchev–Trinajstić information content (AvgIpc) is 2.96. The van der Waals surface area contributed by atoms with Crippen LogP contribution in [0, 0.1) is 20.8 Å². The van der Waals surface area contributed by atoms with E-state index in [9.17, 15) is 4.79 Å². The largest absolute Gasteiger partial charge is 0.368 e. The lowest BCUT2D eigenvalue weighted by molar-refractivity contribution is 0.0741. The summed E-state index contributed by atoms with van der Waals surface area (Å²) in [4.78, 5) is 21.0. The summed E-state index contributed by atoms with van der Waals surface area (Å²) < 4.78 is 0. The molecule has 0 aliphatic carbocycles. The third-order valence-corrected chi connectivity index (χ3v) is 5.10. The van der Waals surface area contributed by atoms with Crippen LogP contribution >= 0.6 is 11.3 Å². The molecule has 1 saturated heterocycles. The van der Waals surface area contributed by atoms with Gasteiger partial charge in [-0.3, -0.25) is 4.79 Å². The van der Waals surface area contributed by atoms with Gasteiger partial charge in [0.25, 0.3) is 5.91 Å². The van der Waals surface area contributed by atoms with E-state index in [-0.39, 0.29) is 5.91 Å². The van der Waals surface area contributed by atoms with Gasteiger partial charge in [0, 0.05) is 37.2 Å². The maximum absolute atomic E-state index is 12.4. The van der Waals surface area contributed by atoms with Gasteiger partial charge in [-0.15, -0.1) is 11.3 Å². The number of anilines is 1. The van der Waals surface area contributed by atoms with Crippen LogP contribution in [0.25, 0.3) is 0 Å². The molecule has 5 heteroatoms. The van der Waals surface area contributed by atoms with Gasteiger partial charge in [-0.2, -0.15) is 0 Å². The number of hydrogen-bond acceptors (Lipinski definition) is 4. The molecular weight excluding hydrogens is 294 g/mol. The van der Waals surface area contributed by atoms with Crippen molar-refractivity contribution in [2.24, 2.45) is 0 Å². The standard InChI is InChI=1S/C17H21N3OS/c1-12-5-4-6-16(13(12)2)19-7-9-20(10-8-19)17(21)15-11-22-14(3)18-15/h4-6,11H,7-10H2,1-3H3. The normalized spacial score (nSPS) is 15.2. The van der Waals surface area contributed by atoms with E-state index in [0.717, 1.165) is 31.2 Å². The zero-order chi connectivity index (χ0) is 15.7. The second-order valence-electron chi connectivity index (χ2n) is 5.75. The van der Waals surface area contributed by atoms with Crippen molar-refractivity contribution in [3.05, 3.63) is 45.4 Å². The number of hydrogen-bond donors (Lipinski definition) is 0. The minimum atomic E-state index is 0.0602. The van der Waals surface area contributed by atoms with Gasteiger partial charge < -0.3 is 9.80 Å². The average molecular weight is 315 g/mol. The monoisotopic (exact) mass is 315 g/mol. The van der Waals surface area contributed by atoms with Crippen LogP contribution in [0.2, 0.25) is 0 Å². The van der Waals surface area contributed by atoms with Gasteiger partial charge in [0.1, 0.15) is 5.69 Å². The van der Waals surface area contributed by atoms with Crippen molar-refractivity contribution in [3.8, 4) is 0 Å². The predicted octanol–water partition coefficient (Wildman–Crippen LogP) is 3.03. The van der Waals surface area contributed by atoms with Crippen LogP contribution in [0.15, 0.2) is 23.6 Å². The van der Waals surface area contributed by atoms with Crippen molar-refractivity contribution in [2.45, 2.75) is 20.8 Å². The van der Waals surface area contributed by atoms with E-state index < -0.39 is 0 Å². The molecule has 0 bridgehead atoms. The fourth-order valence-corrected chi connectivity index (χ4v) is 3.44. The molecule has 4 nitrogen and oxygen atoms in total. The first-order valence-corrected chi connectivity index (χ1v) is 8.47. The van der Waals surface area contributed by atoms with Gasteiger partial charge in [0.2, 0.25) is 0 Å². The van der Waals surface area contributed by atoms with E-state index >= 15 is 0 Å². The lowest BCUT2D eigenvalue weighted by Gasteiger charge is -2.36. The van der Waals surface area contributed by atoms with E-state index in [0.29, 0.717) is 5.69 Å². The first kappa shape index (κ1) is 15.0. The first-order valence-electron chi connectivity index (χ1n) is 7.59. The Morgan fingerprint density at radius 1 is 1.14 bits per heavy atom. The summed E-state index contributed by atoms with van der Waals surface area (Å²) in [6.45, 7) is 9.49. The highest BCUT2D eigenvalue weighted by Crippen LogP contribution is 2.24. The third-order valence-electron chi connectivity index (χ3n) is 4.32. The summed E-state index contributed by atoms with van der Waals surface area (Å²) in [7, 11) is 0. The molecule has 1 aliphatic heterocycles. The number of rotatable bonds is 2. The van der Waals surface area contributed by atoms with Crippen LogP contribution < -0.4 is 4.90 Å². The van der Waals surface area contributed by atoms with Crippen LogP contribution in [0.5, 0.6) is 0 Å². The highest BCUT2D eigenvalue weighted by molar-refractivity contribution is 7.09. The number of thiazole rings is 1. The fourth-order valence-electron chi connectivity index (χ4n) is 2.85. The lowest BCUT2D eigenvalue weighted by Crippen LogP contribution is -2.49. The number of aryl methyl sites for hydroxylation is 2. The number of nitrogens with zero attached hydrogens (tertiary/aromatic N) is 3. The maximum Gasteiger partial charge on any atom is 0.273 e. The summed E-state index contributed by atoms with van der Waals surface area (Å²) in [5.74, 6) is 0.0602. The SMILES string of the molecule is Cc1nc(C(=O)N2CCN(c3cccc(C)c3C)CC2)cs1. The molecule has 0 radical (unpaired) electrons. The minimum absolute atomic E-state index is 0.0602. The Kier molecular flexibility index (Phi) is 4.16. The van der Waals surface area contributed by atoms with Crippen molar-refractivity contribution in [1.29, 1.82) is 0 Å². The quantitative estimate of drug-likeness (QED) is 0.855. The van der Waals surface area contributed by atoms with Crippen LogP contribution in [0.4, 0.5) is 5.69 Å². The van der Waals surface area contributed by atoms with E-state index in [1.165, 1.54) is 28.2 Å². The third kappa shape index (κ3) is 2.86. The molecule has 0 atom stereocenters. The number of carbonyl (C=O) groups excluding carboxylic acids is 1. The minimum Gasteiger partial charge on any atom is -0.368 e. The number of amides is 1. The van der Waals surface area contributed by atoms with E-state index in [4.69, 9.17) is 0 Å². The first-order chi connectivity index (χ1) is 10.6. The molecule has 2 aromatic rings. The van der Waals surface area contributed by atoms with Crippen molar-refractivity contribution >= 4 is 22.9 Å². The molecule has 0 spiro atoms. The Morgan fingerprint density at radius 3 is 2.50 bits per heavy atom. The predicted molar refractivity (Wildman–Crippen MR) is 90.9 cm³/mol. The van der Waals surface area contributed by atoms with Gasteiger partial charge >= 0.3 is 0 Å². The van der Waals surface area contributed by atoms with Crippen molar-refractivity contribution < 1.29 is 4.79 Å². The van der Waals surface area contributed by atoms with Crippen LogP contribution in [0.1, 0.15) is 26.6 Å². The molecular formula is C17H21N3OS. The van der Waals surface area contributed by atoms with Crippen LogP contribution in [-0.2, 0) is 0 Å². The molecule has 0 unspecified atom stereocenters. The molecule has 116 valence electrons. The van der Waals surface area contributed by atoms with Crippen LogP contribution in [-0.4, -0.2) is 42.0 Å². The molecule has 2 heterocycles. The Morgan fingerprint density at radius 2 is 1.86 bits per heavy atom. The Balaban J connectivity index is 1.67. The Labute approximate surface area is 135 Å². The summed E-state index contributed by atoms with van der Waals surface area (Å²) in [5, 5.41) is 2.80. The molecule has 1 aliphatic rings. The van der Waals surface area contributed by atoms with Crippen molar-refractivity contribution in [3.63, 3.8) is 0 Å². The number of piperazine rings is 1. The molecule has 0 saturated carbocycles. The number of carbonyl (C=O) groups is 1. The molecule has 22 heavy (non-hydrogen) atoms. The summed E-state index contributed by atoms with van der Waals surface area (Å²) in [6, 6.07) is 6.42. The van der Waals surface area contributed by atoms with E-state index in [1.54, 1.807) is 0 Å². The van der Waals surface area contributed by atoms with Crippen LogP contribution in [0.3, 0.4) is 0 Å². The zero-order valence-electron chi connectivity index (χ0n) is 13.3. The highest BCUT2D eigenvalue weighted by Gasteiger charge is 2.24. The molecule has 0 N–H and O–H groups in total. The summed E-state index contributed by atoms with van der Waals surface area (Å²) in [5.41, 5.74) is 4.52. The summed E-state index contributed by atoms with van der Waals surface area (Å²) in [6.07, 6.45) is 0. The van der Waals surface area contributed by atoms with Crippen molar-refractivity contribution in [1.82, 2.24) is 9.88 Å². The summed E-state index contributed by atoms with van der Waals surface area (Å²) >= 11 is 1.53. The lowest BCUT2D eigenvalue weighted by atomic mass is 10.1. The highest BCUT2D eigenvalue weighted by atomic mass is 32.1. The number of aromatic nitrogens is 1. The van der Waals surface area contributed by atoms with E-state index in [1.807, 2.05) is 17.2 Å². The zero-order valence-corrected chi connectivity index (χ0v) is 14.1. The van der Waals surface area contributed by atoms with Gasteiger partial charge in [-0.25, -0.2) is 4.98 Å². The second-order valence-corrected chi connectivity index (χ2v) is 6.81. The van der Waals surface area contributed by atoms with Gasteiger partial charge in [-0.05, 0) is 38.0 Å². The fraction of sp³-hybridized carbons (Fsp3) is 0.412. The Bertz CT molecular complexity index is 687. The molecule has 1 fully saturated rings. The van der Waals surface area contributed by atoms with Crippen molar-refractivity contribution in [2.75, 3.05) is 31.1 Å². The van der Waals surface area contributed by atoms with E-state index in [2.05, 4.69) is 41.9 Å². The maximum atomic E-state index is 12.4. The number of benzene rings is 1. The van der Waals surface area contributed by atoms with Gasteiger partial charge in [0.15, 0.2) is 0 Å². The van der Waals surface area contributed by atoms with Gasteiger partial charge in [-0.1, -0.05) is 12.1 Å². The smallest absolute Gasteiger partial charge is 0.273 e. The molecule has 1 aromatic heterocycles. The molecule has 3 rings (SSSR count). The van der Waals surface area contributed by atoms with Gasteiger partial charge in [0.05, 0.1) is 5.01 Å². The topological polar surface area (TPSA) is 36.4 Å². The second kappa shape index (κ2) is 6.08. The Hall–Kier alpha value is -1.88. The molecule has 1 amide bonds.